The molecular weight excluding hydrogens is 492 g/mol. The summed E-state index contributed by atoms with van der Waals surface area (Å²) in [7, 11) is 1.37. The Morgan fingerprint density at radius 3 is 2.42 bits per heavy atom. The zero-order valence-corrected chi connectivity index (χ0v) is 21.5. The molecule has 1 fully saturated rings. The summed E-state index contributed by atoms with van der Waals surface area (Å²) in [6.45, 7) is 2.57. The molecule has 1 aliphatic heterocycles. The van der Waals surface area contributed by atoms with E-state index in [-0.39, 0.29) is 12.6 Å². The molecule has 5 rings (SSSR count). The van der Waals surface area contributed by atoms with Crippen LogP contribution in [0.15, 0.2) is 60.7 Å². The monoisotopic (exact) mass is 524 g/mol. The minimum atomic E-state index is -4.54. The number of ether oxygens (including phenoxy) is 1. The molecule has 0 spiro atoms. The minimum Gasteiger partial charge on any atom is -0.481 e. The summed E-state index contributed by atoms with van der Waals surface area (Å²) in [6.07, 6.45) is -0.506. The number of nitrogens with zero attached hydrogens (tertiary/aromatic N) is 2. The van der Waals surface area contributed by atoms with E-state index in [9.17, 15) is 17.6 Å². The highest BCUT2D eigenvalue weighted by molar-refractivity contribution is 6.00. The summed E-state index contributed by atoms with van der Waals surface area (Å²) in [6, 6.07) is 19.3. The van der Waals surface area contributed by atoms with Crippen molar-refractivity contribution in [1.82, 2.24) is 9.88 Å². The molecular formula is C31H32F4N2O. The minimum absolute atomic E-state index is 0.00868. The van der Waals surface area contributed by atoms with Crippen LogP contribution in [0.2, 0.25) is 0 Å². The fourth-order valence-electron chi connectivity index (χ4n) is 5.72. The molecule has 0 radical (unpaired) electrons. The molecule has 0 unspecified atom stereocenters. The number of rotatable bonds is 8. The van der Waals surface area contributed by atoms with Gasteiger partial charge in [0.1, 0.15) is 5.69 Å². The molecule has 3 nitrogen and oxygen atoms in total. The number of aromatic nitrogens is 1. The smallest absolute Gasteiger partial charge is 0.433 e. The number of allylic oxidation sites excluding steroid dienone is 1. The number of methoxy groups -OCH3 is 1. The molecule has 38 heavy (non-hydrogen) atoms. The highest BCUT2D eigenvalue weighted by Gasteiger charge is 2.34. The van der Waals surface area contributed by atoms with Gasteiger partial charge in [-0.2, -0.15) is 13.2 Å². The predicted molar refractivity (Wildman–Crippen MR) is 142 cm³/mol. The lowest BCUT2D eigenvalue weighted by molar-refractivity contribution is -0.141. The quantitative estimate of drug-likeness (QED) is 0.291. The maximum Gasteiger partial charge on any atom is 0.433 e. The van der Waals surface area contributed by atoms with Crippen molar-refractivity contribution in [2.45, 2.75) is 38.3 Å². The number of hydrogen-bond donors (Lipinski definition) is 0. The van der Waals surface area contributed by atoms with E-state index in [0.717, 1.165) is 67.2 Å². The van der Waals surface area contributed by atoms with Gasteiger partial charge in [0.05, 0.1) is 13.8 Å². The van der Waals surface area contributed by atoms with Crippen molar-refractivity contribution in [2.75, 3.05) is 33.4 Å². The Kier molecular flexibility index (Phi) is 7.84. The van der Waals surface area contributed by atoms with E-state index in [0.29, 0.717) is 24.3 Å². The standard InChI is InChI=1S/C31H32F4N2O/c1-38-30-27(14-15-28(36-30)31(33,34)35)26-9-4-7-23-6-2-3-8-25(23)29(26)24-12-10-21(11-13-24)18-22-19-37(20-22)17-5-16-32/h2-3,6,8,10-15,22H,4-5,7,9,16-20H2,1H3. The largest absolute Gasteiger partial charge is 0.481 e. The van der Waals surface area contributed by atoms with E-state index in [1.165, 1.54) is 24.3 Å². The SMILES string of the molecule is COc1nc(C(F)(F)F)ccc1C1=C(c2ccc(CC3CN(CCCF)C3)cc2)c2ccccc2CCC1. The molecule has 1 aliphatic carbocycles. The fourth-order valence-corrected chi connectivity index (χ4v) is 5.72. The lowest BCUT2D eigenvalue weighted by Gasteiger charge is -2.39. The van der Waals surface area contributed by atoms with E-state index >= 15 is 0 Å². The van der Waals surface area contributed by atoms with E-state index in [1.54, 1.807) is 0 Å². The average molecular weight is 525 g/mol. The second kappa shape index (κ2) is 11.3. The van der Waals surface area contributed by atoms with Crippen molar-refractivity contribution in [3.8, 4) is 5.88 Å². The Bertz CT molecular complexity index is 1290. The molecule has 0 bridgehead atoms. The molecule has 2 aromatic carbocycles. The molecule has 2 heterocycles. The molecule has 3 aromatic rings. The second-order valence-corrected chi connectivity index (χ2v) is 10.2. The molecule has 0 N–H and O–H groups in total. The van der Waals surface area contributed by atoms with Crippen LogP contribution in [0.4, 0.5) is 17.6 Å². The molecule has 2 aliphatic rings. The Morgan fingerprint density at radius 2 is 1.71 bits per heavy atom. The van der Waals surface area contributed by atoms with Crippen LogP contribution in [0.5, 0.6) is 5.88 Å². The van der Waals surface area contributed by atoms with Crippen molar-refractivity contribution >= 4 is 11.1 Å². The number of alkyl halides is 4. The van der Waals surface area contributed by atoms with E-state index in [2.05, 4.69) is 46.3 Å². The van der Waals surface area contributed by atoms with Gasteiger partial charge < -0.3 is 9.64 Å². The van der Waals surface area contributed by atoms with Gasteiger partial charge in [0.15, 0.2) is 0 Å². The van der Waals surface area contributed by atoms with Gasteiger partial charge in [0, 0.05) is 25.2 Å². The van der Waals surface area contributed by atoms with Gasteiger partial charge >= 0.3 is 6.18 Å². The number of hydrogen-bond acceptors (Lipinski definition) is 3. The summed E-state index contributed by atoms with van der Waals surface area (Å²) < 4.78 is 57.9. The van der Waals surface area contributed by atoms with Crippen molar-refractivity contribution < 1.29 is 22.3 Å². The first-order valence-electron chi connectivity index (χ1n) is 13.2. The molecule has 200 valence electrons. The molecule has 0 saturated carbocycles. The number of likely N-dealkylation sites (tertiary alicyclic amines) is 1. The van der Waals surface area contributed by atoms with Gasteiger partial charge in [-0.25, -0.2) is 4.98 Å². The van der Waals surface area contributed by atoms with Crippen LogP contribution >= 0.6 is 0 Å². The molecule has 7 heteroatoms. The first-order valence-corrected chi connectivity index (χ1v) is 13.2. The summed E-state index contributed by atoms with van der Waals surface area (Å²) in [4.78, 5) is 6.13. The van der Waals surface area contributed by atoms with Crippen molar-refractivity contribution in [3.05, 3.63) is 94.2 Å². The molecule has 1 aromatic heterocycles. The first kappa shape index (κ1) is 26.4. The maximum absolute atomic E-state index is 13.4. The van der Waals surface area contributed by atoms with Crippen molar-refractivity contribution in [3.63, 3.8) is 0 Å². The van der Waals surface area contributed by atoms with Gasteiger partial charge in [-0.05, 0) is 83.6 Å². The number of halogens is 4. The second-order valence-electron chi connectivity index (χ2n) is 10.2. The molecule has 1 saturated heterocycles. The predicted octanol–water partition coefficient (Wildman–Crippen LogP) is 7.24. The molecule has 0 atom stereocenters. The maximum atomic E-state index is 13.4. The average Bonchev–Trinajstić information content (AvgIpc) is 3.09. The summed E-state index contributed by atoms with van der Waals surface area (Å²) in [5, 5.41) is 0. The van der Waals surface area contributed by atoms with Crippen LogP contribution in [0.25, 0.3) is 11.1 Å². The topological polar surface area (TPSA) is 25.4 Å². The van der Waals surface area contributed by atoms with Crippen molar-refractivity contribution in [2.24, 2.45) is 5.92 Å². The Labute approximate surface area is 221 Å². The van der Waals surface area contributed by atoms with E-state index < -0.39 is 11.9 Å². The van der Waals surface area contributed by atoms with E-state index in [1.807, 2.05) is 12.1 Å². The van der Waals surface area contributed by atoms with Crippen LogP contribution in [0, 0.1) is 5.92 Å². The van der Waals surface area contributed by atoms with Crippen LogP contribution in [0.1, 0.15) is 52.8 Å². The van der Waals surface area contributed by atoms with Crippen LogP contribution in [-0.4, -0.2) is 43.3 Å². The summed E-state index contributed by atoms with van der Waals surface area (Å²) in [5.74, 6) is 0.571. The zero-order chi connectivity index (χ0) is 26.7. The zero-order valence-electron chi connectivity index (χ0n) is 21.5. The fraction of sp³-hybridized carbons (Fsp3) is 0.387. The van der Waals surface area contributed by atoms with Crippen LogP contribution in [-0.2, 0) is 19.0 Å². The lowest BCUT2D eigenvalue weighted by Crippen LogP contribution is -2.47. The van der Waals surface area contributed by atoms with Gasteiger partial charge in [-0.15, -0.1) is 0 Å². The third-order valence-corrected chi connectivity index (χ3v) is 7.54. The van der Waals surface area contributed by atoms with Gasteiger partial charge in [-0.3, -0.25) is 4.39 Å². The summed E-state index contributed by atoms with van der Waals surface area (Å²) >= 11 is 0. The van der Waals surface area contributed by atoms with Gasteiger partial charge in [0.25, 0.3) is 0 Å². The normalized spacial score (nSPS) is 16.7. The van der Waals surface area contributed by atoms with E-state index in [4.69, 9.17) is 4.74 Å². The molecule has 0 amide bonds. The van der Waals surface area contributed by atoms with Crippen LogP contribution in [0.3, 0.4) is 0 Å². The summed E-state index contributed by atoms with van der Waals surface area (Å²) in [5.41, 5.74) is 6.20. The number of fused-ring (bicyclic) bond motifs is 1. The number of pyridine rings is 1. The van der Waals surface area contributed by atoms with Gasteiger partial charge in [-0.1, -0.05) is 48.5 Å². The van der Waals surface area contributed by atoms with Gasteiger partial charge in [0.2, 0.25) is 5.88 Å². The Balaban J connectivity index is 1.51. The Morgan fingerprint density at radius 1 is 0.947 bits per heavy atom. The Hall–Kier alpha value is -3.19. The number of aryl methyl sites for hydroxylation is 1. The number of benzene rings is 2. The van der Waals surface area contributed by atoms with Crippen LogP contribution < -0.4 is 4.74 Å². The van der Waals surface area contributed by atoms with Crippen molar-refractivity contribution in [1.29, 1.82) is 0 Å². The lowest BCUT2D eigenvalue weighted by atomic mass is 9.86. The highest BCUT2D eigenvalue weighted by Crippen LogP contribution is 2.43. The highest BCUT2D eigenvalue weighted by atomic mass is 19.4. The third-order valence-electron chi connectivity index (χ3n) is 7.54. The third kappa shape index (κ3) is 5.63. The first-order chi connectivity index (χ1) is 18.4.